The molecular formula is C17H36O. The predicted molar refractivity (Wildman–Crippen MR) is 82.1 cm³/mol. The molecule has 0 saturated heterocycles. The Bertz CT molecular complexity index is 141. The van der Waals surface area contributed by atoms with Crippen molar-refractivity contribution >= 4 is 0 Å². The third kappa shape index (κ3) is 12.4. The van der Waals surface area contributed by atoms with Gasteiger partial charge >= 0.3 is 0 Å². The van der Waals surface area contributed by atoms with Crippen LogP contribution in [0.1, 0.15) is 91.4 Å². The Morgan fingerprint density at radius 2 is 1.22 bits per heavy atom. The lowest BCUT2D eigenvalue weighted by Crippen LogP contribution is -2.04. The third-order valence-corrected chi connectivity index (χ3v) is 3.97. The lowest BCUT2D eigenvalue weighted by molar-refractivity contribution is 0.115. The van der Waals surface area contributed by atoms with Crippen LogP contribution in [0.5, 0.6) is 0 Å². The zero-order chi connectivity index (χ0) is 13.5. The van der Waals surface area contributed by atoms with E-state index in [1.165, 1.54) is 70.6 Å². The van der Waals surface area contributed by atoms with Crippen LogP contribution in [0.15, 0.2) is 0 Å². The van der Waals surface area contributed by atoms with Gasteiger partial charge in [0.2, 0.25) is 0 Å². The molecule has 0 aromatic carbocycles. The largest absolute Gasteiger partial charge is 0.381 e. The number of hydrogen-bond acceptors (Lipinski definition) is 1. The highest BCUT2D eigenvalue weighted by Crippen LogP contribution is 2.12. The molecule has 0 N–H and O–H groups in total. The lowest BCUT2D eigenvalue weighted by Gasteiger charge is -2.11. The highest BCUT2D eigenvalue weighted by Gasteiger charge is 2.02. The van der Waals surface area contributed by atoms with Gasteiger partial charge < -0.3 is 4.74 Å². The van der Waals surface area contributed by atoms with Crippen LogP contribution in [-0.4, -0.2) is 13.2 Å². The molecule has 18 heavy (non-hydrogen) atoms. The van der Waals surface area contributed by atoms with E-state index in [4.69, 9.17) is 4.74 Å². The molecule has 0 spiro atoms. The maximum Gasteiger partial charge on any atom is 0.0468 e. The van der Waals surface area contributed by atoms with Crippen molar-refractivity contribution in [3.63, 3.8) is 0 Å². The minimum absolute atomic E-state index is 0.878. The van der Waals surface area contributed by atoms with E-state index in [0.29, 0.717) is 0 Å². The van der Waals surface area contributed by atoms with Crippen LogP contribution >= 0.6 is 0 Å². The van der Waals surface area contributed by atoms with Crippen molar-refractivity contribution in [3.05, 3.63) is 0 Å². The zero-order valence-electron chi connectivity index (χ0n) is 13.2. The molecule has 0 aliphatic rings. The monoisotopic (exact) mass is 256 g/mol. The fraction of sp³-hybridized carbons (Fsp3) is 1.00. The summed E-state index contributed by atoms with van der Waals surface area (Å²) in [6.07, 6.45) is 14.9. The van der Waals surface area contributed by atoms with Gasteiger partial charge in [0.25, 0.3) is 0 Å². The van der Waals surface area contributed by atoms with Crippen LogP contribution in [-0.2, 0) is 4.74 Å². The summed E-state index contributed by atoms with van der Waals surface area (Å²) in [6.45, 7) is 8.80. The van der Waals surface area contributed by atoms with E-state index in [-0.39, 0.29) is 0 Å². The molecular weight excluding hydrogens is 220 g/mol. The average molecular weight is 256 g/mol. The van der Waals surface area contributed by atoms with Gasteiger partial charge in [-0.25, -0.2) is 0 Å². The number of ether oxygens (including phenoxy) is 1. The molecule has 0 heterocycles. The van der Waals surface area contributed by atoms with E-state index < -0.39 is 0 Å². The summed E-state index contributed by atoms with van der Waals surface area (Å²) in [6, 6.07) is 0. The quantitative estimate of drug-likeness (QED) is 0.348. The molecule has 0 amide bonds. The molecule has 0 fully saturated rings. The Labute approximate surface area is 116 Å². The second-order valence-corrected chi connectivity index (χ2v) is 5.56. The van der Waals surface area contributed by atoms with E-state index in [1.54, 1.807) is 0 Å². The Hall–Kier alpha value is -0.0400. The van der Waals surface area contributed by atoms with E-state index in [0.717, 1.165) is 19.1 Å². The highest BCUT2D eigenvalue weighted by molar-refractivity contribution is 4.53. The molecule has 1 nitrogen and oxygen atoms in total. The molecule has 0 unspecified atom stereocenters. The van der Waals surface area contributed by atoms with Crippen LogP contribution in [0.25, 0.3) is 0 Å². The first-order valence-corrected chi connectivity index (χ1v) is 8.42. The molecule has 0 bridgehead atoms. The molecule has 0 atom stereocenters. The van der Waals surface area contributed by atoms with Gasteiger partial charge in [-0.15, -0.1) is 0 Å². The minimum Gasteiger partial charge on any atom is -0.381 e. The summed E-state index contributed by atoms with van der Waals surface area (Å²) in [5.41, 5.74) is 0. The van der Waals surface area contributed by atoms with Crippen molar-refractivity contribution in [2.45, 2.75) is 91.4 Å². The standard InChI is InChI=1S/C17H36O/c1-4-7-8-9-10-11-12-13-15-18-16-14-17(5-2)6-3/h17H,4-16H2,1-3H3. The van der Waals surface area contributed by atoms with Crippen molar-refractivity contribution in [2.24, 2.45) is 5.92 Å². The molecule has 0 rings (SSSR count). The Kier molecular flexibility index (Phi) is 15.0. The summed E-state index contributed by atoms with van der Waals surface area (Å²) < 4.78 is 5.71. The SMILES string of the molecule is CCCCCCCCCCOCCC(CC)CC. The molecule has 0 aliphatic heterocycles. The second-order valence-electron chi connectivity index (χ2n) is 5.56. The van der Waals surface area contributed by atoms with Crippen molar-refractivity contribution in [1.82, 2.24) is 0 Å². The van der Waals surface area contributed by atoms with E-state index >= 15 is 0 Å². The third-order valence-electron chi connectivity index (χ3n) is 3.97. The molecule has 0 saturated carbocycles. The van der Waals surface area contributed by atoms with Crippen molar-refractivity contribution in [1.29, 1.82) is 0 Å². The first-order valence-electron chi connectivity index (χ1n) is 8.42. The van der Waals surface area contributed by atoms with E-state index in [1.807, 2.05) is 0 Å². The van der Waals surface area contributed by atoms with Gasteiger partial charge in [0.15, 0.2) is 0 Å². The highest BCUT2D eigenvalue weighted by atomic mass is 16.5. The number of rotatable bonds is 14. The topological polar surface area (TPSA) is 9.23 Å². The van der Waals surface area contributed by atoms with Crippen molar-refractivity contribution in [3.8, 4) is 0 Å². The van der Waals surface area contributed by atoms with Gasteiger partial charge in [0, 0.05) is 13.2 Å². The maximum absolute atomic E-state index is 5.71. The molecule has 0 radical (unpaired) electrons. The summed E-state index contributed by atoms with van der Waals surface area (Å²) in [5, 5.41) is 0. The van der Waals surface area contributed by atoms with Crippen molar-refractivity contribution in [2.75, 3.05) is 13.2 Å². The maximum atomic E-state index is 5.71. The number of unbranched alkanes of at least 4 members (excludes halogenated alkanes) is 7. The van der Waals surface area contributed by atoms with Crippen LogP contribution in [0, 0.1) is 5.92 Å². The predicted octanol–water partition coefficient (Wildman–Crippen LogP) is 5.97. The van der Waals surface area contributed by atoms with E-state index in [2.05, 4.69) is 20.8 Å². The number of hydrogen-bond donors (Lipinski definition) is 0. The Morgan fingerprint density at radius 3 is 1.78 bits per heavy atom. The molecule has 1 heteroatoms. The van der Waals surface area contributed by atoms with Gasteiger partial charge in [0.1, 0.15) is 0 Å². The van der Waals surface area contributed by atoms with Crippen LogP contribution in [0.4, 0.5) is 0 Å². The van der Waals surface area contributed by atoms with Gasteiger partial charge in [-0.3, -0.25) is 0 Å². The molecule has 0 aromatic rings. The molecule has 0 aromatic heterocycles. The van der Waals surface area contributed by atoms with Crippen LogP contribution < -0.4 is 0 Å². The summed E-state index contributed by atoms with van der Waals surface area (Å²) in [4.78, 5) is 0. The van der Waals surface area contributed by atoms with Crippen LogP contribution in [0.2, 0.25) is 0 Å². The lowest BCUT2D eigenvalue weighted by atomic mass is 10.0. The normalized spacial score (nSPS) is 11.3. The fourth-order valence-corrected chi connectivity index (χ4v) is 2.39. The van der Waals surface area contributed by atoms with Crippen LogP contribution in [0.3, 0.4) is 0 Å². The zero-order valence-corrected chi connectivity index (χ0v) is 13.2. The van der Waals surface area contributed by atoms with Gasteiger partial charge in [-0.05, 0) is 18.8 Å². The van der Waals surface area contributed by atoms with E-state index in [9.17, 15) is 0 Å². The summed E-state index contributed by atoms with van der Waals surface area (Å²) in [5.74, 6) is 0.878. The summed E-state index contributed by atoms with van der Waals surface area (Å²) >= 11 is 0. The first kappa shape index (κ1) is 18.0. The first-order chi connectivity index (χ1) is 8.85. The average Bonchev–Trinajstić information content (AvgIpc) is 2.40. The fourth-order valence-electron chi connectivity index (χ4n) is 2.39. The van der Waals surface area contributed by atoms with Gasteiger partial charge in [0.05, 0.1) is 0 Å². The van der Waals surface area contributed by atoms with Gasteiger partial charge in [-0.1, -0.05) is 78.6 Å². The van der Waals surface area contributed by atoms with Gasteiger partial charge in [-0.2, -0.15) is 0 Å². The Morgan fingerprint density at radius 1 is 0.667 bits per heavy atom. The molecule has 0 aliphatic carbocycles. The minimum atomic E-state index is 0.878. The van der Waals surface area contributed by atoms with Crippen molar-refractivity contribution < 1.29 is 4.74 Å². The summed E-state index contributed by atoms with van der Waals surface area (Å²) in [7, 11) is 0. The Balaban J connectivity index is 3.03. The molecule has 110 valence electrons. The second kappa shape index (κ2) is 15.0. The smallest absolute Gasteiger partial charge is 0.0468 e.